The zero-order chi connectivity index (χ0) is 22.2. The summed E-state index contributed by atoms with van der Waals surface area (Å²) in [6.45, 7) is 0. The van der Waals surface area contributed by atoms with E-state index in [1.54, 1.807) is 0 Å². The third-order valence-electron chi connectivity index (χ3n) is 7.13. The van der Waals surface area contributed by atoms with Gasteiger partial charge in [0.2, 0.25) is 0 Å². The molecule has 0 unspecified atom stereocenters. The van der Waals surface area contributed by atoms with Crippen molar-refractivity contribution in [3.05, 3.63) is 115 Å². The van der Waals surface area contributed by atoms with Gasteiger partial charge in [0.05, 0.1) is 11.4 Å². The molecule has 2 heterocycles. The van der Waals surface area contributed by atoms with Crippen LogP contribution in [0.2, 0.25) is 0 Å². The quantitative estimate of drug-likeness (QED) is 0.241. The van der Waals surface area contributed by atoms with Gasteiger partial charge in [-0.05, 0) is 52.6 Å². The summed E-state index contributed by atoms with van der Waals surface area (Å²) in [6.07, 6.45) is 0. The van der Waals surface area contributed by atoms with Crippen LogP contribution in [-0.4, -0.2) is 0 Å². The highest BCUT2D eigenvalue weighted by Gasteiger charge is 2.28. The Bertz CT molecular complexity index is 1930. The predicted molar refractivity (Wildman–Crippen MR) is 148 cm³/mol. The maximum absolute atomic E-state index is 2.44. The van der Waals surface area contributed by atoms with Gasteiger partial charge >= 0.3 is 0 Å². The van der Waals surface area contributed by atoms with Crippen molar-refractivity contribution in [2.75, 3.05) is 4.90 Å². The number of fused-ring (bicyclic) bond motifs is 7. The molecule has 1 aliphatic rings. The molecular formula is C32H19NS. The number of benzene rings is 6. The molecule has 0 saturated carbocycles. The van der Waals surface area contributed by atoms with Gasteiger partial charge in [-0.3, -0.25) is 0 Å². The van der Waals surface area contributed by atoms with Crippen LogP contribution in [-0.2, 0) is 0 Å². The minimum Gasteiger partial charge on any atom is -0.309 e. The van der Waals surface area contributed by atoms with E-state index in [4.69, 9.17) is 0 Å². The molecule has 0 amide bonds. The number of para-hydroxylation sites is 1. The van der Waals surface area contributed by atoms with Gasteiger partial charge in [-0.25, -0.2) is 0 Å². The average molecular weight is 450 g/mol. The molecule has 0 fully saturated rings. The van der Waals surface area contributed by atoms with Crippen LogP contribution in [0.3, 0.4) is 0 Å². The Labute approximate surface area is 201 Å². The van der Waals surface area contributed by atoms with Gasteiger partial charge in [0.1, 0.15) is 0 Å². The molecule has 1 aliphatic heterocycles. The normalized spacial score (nSPS) is 12.6. The van der Waals surface area contributed by atoms with Crippen LogP contribution in [0, 0.1) is 0 Å². The van der Waals surface area contributed by atoms with E-state index in [1.165, 1.54) is 69.9 Å². The summed E-state index contributed by atoms with van der Waals surface area (Å²) in [5.74, 6) is 0. The Kier molecular flexibility index (Phi) is 3.60. The van der Waals surface area contributed by atoms with E-state index in [0.717, 1.165) is 0 Å². The summed E-state index contributed by atoms with van der Waals surface area (Å²) in [5.41, 5.74) is 6.35. The standard InChI is InChI=1S/C32H19NS/c1-2-9-21-18-23(17-16-20(21)8-1)33-26-13-5-3-11-24(26)32-30-22(10-7-14-27(30)33)19-29-31(32)25-12-4-6-15-28(25)34-29/h1-19H. The Morgan fingerprint density at radius 1 is 0.500 bits per heavy atom. The molecule has 0 bridgehead atoms. The van der Waals surface area contributed by atoms with E-state index in [2.05, 4.69) is 120 Å². The first kappa shape index (κ1) is 18.3. The van der Waals surface area contributed by atoms with Crippen molar-refractivity contribution in [3.63, 3.8) is 0 Å². The maximum atomic E-state index is 2.44. The lowest BCUT2D eigenvalue weighted by Crippen LogP contribution is -2.15. The lowest BCUT2D eigenvalue weighted by molar-refractivity contribution is 1.29. The third kappa shape index (κ3) is 2.38. The van der Waals surface area contributed by atoms with Crippen molar-refractivity contribution >= 4 is 70.1 Å². The highest BCUT2D eigenvalue weighted by molar-refractivity contribution is 7.26. The van der Waals surface area contributed by atoms with Crippen LogP contribution in [0.15, 0.2) is 115 Å². The second-order valence-corrected chi connectivity index (χ2v) is 10.1. The fourth-order valence-electron chi connectivity index (χ4n) is 5.70. The Balaban J connectivity index is 1.55. The minimum absolute atomic E-state index is 1.19. The van der Waals surface area contributed by atoms with Gasteiger partial charge in [0.25, 0.3) is 0 Å². The molecule has 0 N–H and O–H groups in total. The number of hydrogen-bond donors (Lipinski definition) is 0. The monoisotopic (exact) mass is 449 g/mol. The second kappa shape index (κ2) is 6.69. The van der Waals surface area contributed by atoms with Gasteiger partial charge in [0.15, 0.2) is 0 Å². The van der Waals surface area contributed by atoms with Crippen molar-refractivity contribution in [3.8, 4) is 11.1 Å². The number of anilines is 3. The molecule has 2 heteroatoms. The molecule has 0 radical (unpaired) electrons. The van der Waals surface area contributed by atoms with E-state index < -0.39 is 0 Å². The molecule has 34 heavy (non-hydrogen) atoms. The van der Waals surface area contributed by atoms with E-state index in [9.17, 15) is 0 Å². The summed E-state index contributed by atoms with van der Waals surface area (Å²) in [6, 6.07) is 42.2. The van der Waals surface area contributed by atoms with Crippen molar-refractivity contribution in [1.29, 1.82) is 0 Å². The smallest absolute Gasteiger partial charge is 0.0546 e. The summed E-state index contributed by atoms with van der Waals surface area (Å²) >= 11 is 1.90. The van der Waals surface area contributed by atoms with Crippen molar-refractivity contribution < 1.29 is 0 Å². The molecule has 6 aromatic carbocycles. The van der Waals surface area contributed by atoms with Crippen molar-refractivity contribution in [2.45, 2.75) is 0 Å². The summed E-state index contributed by atoms with van der Waals surface area (Å²) in [5, 5.41) is 7.89. The van der Waals surface area contributed by atoms with Gasteiger partial charge in [-0.15, -0.1) is 11.3 Å². The van der Waals surface area contributed by atoms with Crippen molar-refractivity contribution in [1.82, 2.24) is 0 Å². The highest BCUT2D eigenvalue weighted by atomic mass is 32.1. The van der Waals surface area contributed by atoms with Crippen LogP contribution in [0.5, 0.6) is 0 Å². The SMILES string of the molecule is c1ccc2c(c1)-c1c3c(cccc3cc3sc4ccccc4c13)N2c1ccc2ccccc2c1. The molecule has 1 aromatic heterocycles. The zero-order valence-electron chi connectivity index (χ0n) is 18.3. The summed E-state index contributed by atoms with van der Waals surface area (Å²) < 4.78 is 2.70. The fraction of sp³-hybridized carbons (Fsp3) is 0. The van der Waals surface area contributed by atoms with E-state index in [0.29, 0.717) is 0 Å². The molecule has 8 rings (SSSR count). The minimum atomic E-state index is 1.19. The van der Waals surface area contributed by atoms with Crippen LogP contribution in [0.1, 0.15) is 0 Å². The van der Waals surface area contributed by atoms with E-state index in [-0.39, 0.29) is 0 Å². The first-order valence-electron chi connectivity index (χ1n) is 11.6. The molecule has 0 spiro atoms. The van der Waals surface area contributed by atoms with Gasteiger partial charge in [0, 0.05) is 42.4 Å². The summed E-state index contributed by atoms with van der Waals surface area (Å²) in [4.78, 5) is 2.44. The van der Waals surface area contributed by atoms with Gasteiger partial charge < -0.3 is 4.90 Å². The van der Waals surface area contributed by atoms with Gasteiger partial charge in [-0.1, -0.05) is 78.9 Å². The fourth-order valence-corrected chi connectivity index (χ4v) is 6.86. The number of thiophene rings is 1. The first-order chi connectivity index (χ1) is 16.9. The lowest BCUT2D eigenvalue weighted by atomic mass is 9.87. The number of hydrogen-bond acceptors (Lipinski definition) is 2. The largest absolute Gasteiger partial charge is 0.309 e. The predicted octanol–water partition coefficient (Wildman–Crippen LogP) is 9.81. The molecule has 158 valence electrons. The highest BCUT2D eigenvalue weighted by Crippen LogP contribution is 2.55. The van der Waals surface area contributed by atoms with Crippen LogP contribution in [0.4, 0.5) is 17.1 Å². The molecular weight excluding hydrogens is 430 g/mol. The molecule has 0 saturated heterocycles. The molecule has 7 aromatic rings. The zero-order valence-corrected chi connectivity index (χ0v) is 19.1. The summed E-state index contributed by atoms with van der Waals surface area (Å²) in [7, 11) is 0. The Morgan fingerprint density at radius 2 is 1.26 bits per heavy atom. The third-order valence-corrected chi connectivity index (χ3v) is 8.25. The first-order valence-corrected chi connectivity index (χ1v) is 12.4. The van der Waals surface area contributed by atoms with Gasteiger partial charge in [-0.2, -0.15) is 0 Å². The van der Waals surface area contributed by atoms with Crippen LogP contribution >= 0.6 is 11.3 Å². The molecule has 1 nitrogen and oxygen atoms in total. The van der Waals surface area contributed by atoms with Crippen molar-refractivity contribution in [2.24, 2.45) is 0 Å². The topological polar surface area (TPSA) is 3.24 Å². The van der Waals surface area contributed by atoms with E-state index in [1.807, 2.05) is 11.3 Å². The Morgan fingerprint density at radius 3 is 2.24 bits per heavy atom. The average Bonchev–Trinajstić information content (AvgIpc) is 3.26. The Hall–Kier alpha value is -4.14. The van der Waals surface area contributed by atoms with E-state index >= 15 is 0 Å². The van der Waals surface area contributed by atoms with Crippen LogP contribution in [0.25, 0.3) is 52.8 Å². The molecule has 0 aliphatic carbocycles. The van der Waals surface area contributed by atoms with Crippen LogP contribution < -0.4 is 4.90 Å². The number of rotatable bonds is 1. The maximum Gasteiger partial charge on any atom is 0.0546 e. The second-order valence-electron chi connectivity index (χ2n) is 8.98. The lowest BCUT2D eigenvalue weighted by Gasteiger charge is -2.34. The number of nitrogens with zero attached hydrogens (tertiary/aromatic N) is 1. The molecule has 0 atom stereocenters.